The van der Waals surface area contributed by atoms with Crippen LogP contribution >= 0.6 is 0 Å². The summed E-state index contributed by atoms with van der Waals surface area (Å²) in [5, 5.41) is 0. The summed E-state index contributed by atoms with van der Waals surface area (Å²) >= 11 is 0. The third-order valence-electron chi connectivity index (χ3n) is 4.10. The van der Waals surface area contributed by atoms with Gasteiger partial charge in [0.2, 0.25) is 0 Å². The molecule has 102 valence electrons. The molecular formula is C12H30N2OSi2. The van der Waals surface area contributed by atoms with E-state index in [1.165, 1.54) is 25.7 Å². The van der Waals surface area contributed by atoms with E-state index in [1.54, 1.807) is 0 Å². The second-order valence-corrected chi connectivity index (χ2v) is 15.0. The van der Waals surface area contributed by atoms with Crippen LogP contribution in [0.25, 0.3) is 0 Å². The zero-order valence-electron chi connectivity index (χ0n) is 12.5. The van der Waals surface area contributed by atoms with Crippen molar-refractivity contribution in [1.29, 1.82) is 0 Å². The van der Waals surface area contributed by atoms with Crippen LogP contribution < -0.4 is 4.98 Å². The molecule has 0 saturated heterocycles. The van der Waals surface area contributed by atoms with Gasteiger partial charge in [-0.25, -0.2) is 0 Å². The average molecular weight is 275 g/mol. The number of nitrogens with one attached hydrogen (secondary N) is 1. The molecule has 1 fully saturated rings. The zero-order valence-corrected chi connectivity index (χ0v) is 14.5. The molecule has 1 aliphatic carbocycles. The van der Waals surface area contributed by atoms with Crippen LogP contribution in [0, 0.1) is 0 Å². The van der Waals surface area contributed by atoms with Crippen LogP contribution in [-0.2, 0) is 4.43 Å². The van der Waals surface area contributed by atoms with Gasteiger partial charge in [0.25, 0.3) is 0 Å². The van der Waals surface area contributed by atoms with E-state index in [4.69, 9.17) is 4.43 Å². The molecule has 1 N–H and O–H groups in total. The minimum absolute atomic E-state index is 0.768. The van der Waals surface area contributed by atoms with Gasteiger partial charge in [0.15, 0.2) is 0 Å². The largest absolute Gasteiger partial charge is 0.395 e. The molecule has 0 radical (unpaired) electrons. The first-order chi connectivity index (χ1) is 7.92. The Bertz CT molecular complexity index is 233. The molecule has 1 aliphatic rings. The van der Waals surface area contributed by atoms with Gasteiger partial charge in [-0.1, -0.05) is 39.4 Å². The first kappa shape index (κ1) is 15.4. The highest BCUT2D eigenvalue weighted by Crippen LogP contribution is 2.40. The van der Waals surface area contributed by atoms with E-state index in [9.17, 15) is 0 Å². The van der Waals surface area contributed by atoms with Crippen molar-refractivity contribution in [3.63, 3.8) is 0 Å². The van der Waals surface area contributed by atoms with Crippen LogP contribution in [0.2, 0.25) is 25.2 Å². The molecule has 0 aliphatic heterocycles. The molecule has 0 aromatic rings. The maximum Gasteiger partial charge on any atom is 0.350 e. The number of hydrogen-bond donors (Lipinski definition) is 1. The summed E-state index contributed by atoms with van der Waals surface area (Å²) in [5.41, 5.74) is 0.768. The van der Waals surface area contributed by atoms with E-state index in [2.05, 4.69) is 42.8 Å². The molecule has 3 nitrogen and oxygen atoms in total. The fourth-order valence-corrected chi connectivity index (χ4v) is 13.1. The van der Waals surface area contributed by atoms with Gasteiger partial charge in [-0.2, -0.15) is 0 Å². The Labute approximate surface area is 109 Å². The van der Waals surface area contributed by atoms with Crippen molar-refractivity contribution in [3.8, 4) is 0 Å². The van der Waals surface area contributed by atoms with Crippen LogP contribution in [0.4, 0.5) is 0 Å². The normalized spacial score (nSPS) is 22.1. The molecule has 0 amide bonds. The minimum Gasteiger partial charge on any atom is -0.395 e. The van der Waals surface area contributed by atoms with Crippen molar-refractivity contribution in [2.45, 2.75) is 57.8 Å². The third kappa shape index (κ3) is 3.01. The van der Waals surface area contributed by atoms with Gasteiger partial charge in [-0.05, 0) is 26.4 Å². The molecule has 1 atom stereocenters. The molecule has 0 aromatic heterocycles. The standard InChI is InChI=1S/C12H30N2OSi2/c1-7-14(16(4,5)6)17(13-2,15-3)12-10-8-9-11-12/h12-13H,7-11H2,1-6H3. The Hall–Kier alpha value is 0.314. The van der Waals surface area contributed by atoms with Crippen molar-refractivity contribution in [2.75, 3.05) is 20.7 Å². The summed E-state index contributed by atoms with van der Waals surface area (Å²) in [7, 11) is 0.774. The molecule has 1 unspecified atom stereocenters. The van der Waals surface area contributed by atoms with Crippen molar-refractivity contribution >= 4 is 16.9 Å². The predicted octanol–water partition coefficient (Wildman–Crippen LogP) is 2.89. The lowest BCUT2D eigenvalue weighted by molar-refractivity contribution is 0.310. The Morgan fingerprint density at radius 3 is 2.06 bits per heavy atom. The van der Waals surface area contributed by atoms with E-state index in [0.29, 0.717) is 0 Å². The second-order valence-electron chi connectivity index (χ2n) is 6.05. The van der Waals surface area contributed by atoms with E-state index < -0.39 is 16.9 Å². The van der Waals surface area contributed by atoms with Crippen LogP contribution in [-0.4, -0.2) is 41.8 Å². The molecule has 5 heteroatoms. The van der Waals surface area contributed by atoms with Crippen molar-refractivity contribution in [2.24, 2.45) is 0 Å². The Kier molecular flexibility index (Phi) is 5.40. The lowest BCUT2D eigenvalue weighted by Gasteiger charge is -2.49. The summed E-state index contributed by atoms with van der Waals surface area (Å²) < 4.78 is 8.87. The topological polar surface area (TPSA) is 24.5 Å². The van der Waals surface area contributed by atoms with Crippen LogP contribution in [0.15, 0.2) is 0 Å². The summed E-state index contributed by atoms with van der Waals surface area (Å²) in [6.45, 7) is 10.7. The highest BCUT2D eigenvalue weighted by molar-refractivity contribution is 6.88. The lowest BCUT2D eigenvalue weighted by atomic mass is 10.4. The van der Waals surface area contributed by atoms with Crippen molar-refractivity contribution < 1.29 is 4.43 Å². The monoisotopic (exact) mass is 274 g/mol. The SMILES string of the molecule is CCN([Si](C)(C)C)[Si](NC)(OC)C1CCCC1. The molecule has 0 spiro atoms. The maximum absolute atomic E-state index is 6.14. The zero-order chi connectivity index (χ0) is 13.1. The Balaban J connectivity index is 3.03. The van der Waals surface area contributed by atoms with Gasteiger partial charge in [-0.15, -0.1) is 0 Å². The molecular weight excluding hydrogens is 244 g/mol. The maximum atomic E-state index is 6.14. The van der Waals surface area contributed by atoms with Gasteiger partial charge in [0, 0.05) is 12.7 Å². The summed E-state index contributed by atoms with van der Waals surface area (Å²) in [6, 6.07) is 0. The summed E-state index contributed by atoms with van der Waals surface area (Å²) in [5.74, 6) is 0. The van der Waals surface area contributed by atoms with E-state index in [-0.39, 0.29) is 0 Å². The van der Waals surface area contributed by atoms with Crippen LogP contribution in [0.5, 0.6) is 0 Å². The van der Waals surface area contributed by atoms with Gasteiger partial charge in [0.1, 0.15) is 8.24 Å². The second kappa shape index (κ2) is 5.97. The Morgan fingerprint density at radius 2 is 1.76 bits per heavy atom. The summed E-state index contributed by atoms with van der Waals surface area (Å²) in [6.07, 6.45) is 5.46. The fourth-order valence-electron chi connectivity index (χ4n) is 3.46. The van der Waals surface area contributed by atoms with Crippen LogP contribution in [0.1, 0.15) is 32.6 Å². The number of hydrogen-bond acceptors (Lipinski definition) is 3. The fraction of sp³-hybridized carbons (Fsp3) is 1.00. The lowest BCUT2D eigenvalue weighted by Crippen LogP contribution is -2.73. The quantitative estimate of drug-likeness (QED) is 0.754. The van der Waals surface area contributed by atoms with Gasteiger partial charge >= 0.3 is 8.64 Å². The third-order valence-corrected chi connectivity index (χ3v) is 13.2. The minimum atomic E-state index is -1.93. The molecule has 0 aromatic carbocycles. The first-order valence-electron chi connectivity index (χ1n) is 6.94. The number of rotatable bonds is 6. The van der Waals surface area contributed by atoms with Gasteiger partial charge in [0.05, 0.1) is 0 Å². The highest BCUT2D eigenvalue weighted by atomic mass is 28.4. The average Bonchev–Trinajstić information content (AvgIpc) is 2.77. The van der Waals surface area contributed by atoms with Crippen molar-refractivity contribution in [3.05, 3.63) is 0 Å². The van der Waals surface area contributed by atoms with Gasteiger partial charge in [-0.3, -0.25) is 0 Å². The highest BCUT2D eigenvalue weighted by Gasteiger charge is 2.51. The van der Waals surface area contributed by atoms with E-state index in [0.717, 1.165) is 12.1 Å². The van der Waals surface area contributed by atoms with E-state index >= 15 is 0 Å². The smallest absolute Gasteiger partial charge is 0.350 e. The van der Waals surface area contributed by atoms with E-state index in [1.807, 2.05) is 7.11 Å². The van der Waals surface area contributed by atoms with Gasteiger partial charge < -0.3 is 13.6 Å². The Morgan fingerprint density at radius 1 is 1.24 bits per heavy atom. The summed E-state index contributed by atoms with van der Waals surface area (Å²) in [4.78, 5) is 3.64. The van der Waals surface area contributed by atoms with Crippen LogP contribution in [0.3, 0.4) is 0 Å². The van der Waals surface area contributed by atoms with Crippen molar-refractivity contribution in [1.82, 2.24) is 9.21 Å². The molecule has 0 heterocycles. The molecule has 0 bridgehead atoms. The predicted molar refractivity (Wildman–Crippen MR) is 79.8 cm³/mol. The molecule has 1 saturated carbocycles. The molecule has 17 heavy (non-hydrogen) atoms. The first-order valence-corrected chi connectivity index (χ1v) is 12.3. The number of nitrogens with zero attached hydrogens (tertiary/aromatic N) is 1. The molecule has 1 rings (SSSR count).